The molecule has 0 radical (unpaired) electrons. The minimum atomic E-state index is -2.95. The number of carbonyl (C=O) groups excluding carboxylic acids is 3. The van der Waals surface area contributed by atoms with Crippen molar-refractivity contribution >= 4 is 51.8 Å². The summed E-state index contributed by atoms with van der Waals surface area (Å²) in [6.07, 6.45) is 0.0899. The molecule has 1 saturated carbocycles. The van der Waals surface area contributed by atoms with Crippen molar-refractivity contribution in [1.82, 2.24) is 15.6 Å². The molecule has 2 N–H and O–H groups in total. The summed E-state index contributed by atoms with van der Waals surface area (Å²) in [5.74, 6) is -7.37. The number of nitriles is 1. The molecule has 0 bridgehead atoms. The van der Waals surface area contributed by atoms with Crippen LogP contribution in [0.15, 0.2) is 60.8 Å². The van der Waals surface area contributed by atoms with Crippen LogP contribution in [0.25, 0.3) is 0 Å². The maximum atomic E-state index is 14.6. The third-order valence-electron chi connectivity index (χ3n) is 7.11. The van der Waals surface area contributed by atoms with Gasteiger partial charge in [-0.3, -0.25) is 24.2 Å². The second kappa shape index (κ2) is 12.3. The molecule has 2 aliphatic rings. The Balaban J connectivity index is 1.65. The highest BCUT2D eigenvalue weighted by Crippen LogP contribution is 2.39. The van der Waals surface area contributed by atoms with Crippen LogP contribution in [-0.4, -0.2) is 53.8 Å². The summed E-state index contributed by atoms with van der Waals surface area (Å²) in [6.45, 7) is -0.306. The molecule has 3 amide bonds. The maximum absolute atomic E-state index is 14.6. The molecule has 1 aliphatic heterocycles. The molecule has 2 fully saturated rings. The Morgan fingerprint density at radius 3 is 2.49 bits per heavy atom. The largest absolute Gasteiger partial charge is 0.351 e. The van der Waals surface area contributed by atoms with Crippen LogP contribution in [0.2, 0.25) is 0 Å². The molecule has 222 valence electrons. The quantitative estimate of drug-likeness (QED) is 0.285. The minimum Gasteiger partial charge on any atom is -0.351 e. The van der Waals surface area contributed by atoms with Crippen LogP contribution >= 0.6 is 22.6 Å². The number of carbonyl (C=O) groups is 3. The lowest BCUT2D eigenvalue weighted by atomic mass is 9.87. The van der Waals surface area contributed by atoms with E-state index in [1.54, 1.807) is 18.2 Å². The molecule has 43 heavy (non-hydrogen) atoms. The fourth-order valence-electron chi connectivity index (χ4n) is 5.15. The van der Waals surface area contributed by atoms with Gasteiger partial charge >= 0.3 is 0 Å². The predicted octanol–water partition coefficient (Wildman–Crippen LogP) is 3.83. The molecular formula is C29H23F4IN6O3. The number of piperazine rings is 1. The molecule has 3 aromatic rings. The lowest BCUT2D eigenvalue weighted by molar-refractivity contribution is -0.133. The number of amides is 3. The standard InChI is InChI=1S/C29H23F4IN6O3/c30-17-8-18(31)10-20(9-17)39(26(21-3-1-2-4-22(21)34)27(42)38-19-11-29(32,33)12-19)28(43)23-14-36-15-25(41)40(23)24-7-16(13-35)5-6-37-24/h1-10,19,23,26,36H,11-12,14-15H2,(H,38,42)/t23-,26-/m0/s1. The zero-order valence-electron chi connectivity index (χ0n) is 22.2. The SMILES string of the molecule is N#Cc1ccnc(N2C(=O)CNC[C@H]2C(=O)N(c2cc(F)cc(F)c2)[C@H](C(=O)NC2CC(F)(F)C2)c2ccccc2I)c1. The number of halogens is 5. The lowest BCUT2D eigenvalue weighted by Crippen LogP contribution is -2.63. The molecule has 2 heterocycles. The highest BCUT2D eigenvalue weighted by atomic mass is 127. The van der Waals surface area contributed by atoms with Crippen LogP contribution in [0.4, 0.5) is 29.1 Å². The van der Waals surface area contributed by atoms with Gasteiger partial charge in [0.1, 0.15) is 29.5 Å². The molecule has 1 saturated heterocycles. The molecular weight excluding hydrogens is 683 g/mol. The Bertz CT molecular complexity index is 1610. The Morgan fingerprint density at radius 1 is 1.14 bits per heavy atom. The molecule has 2 aromatic carbocycles. The Kier molecular flexibility index (Phi) is 8.65. The molecule has 9 nitrogen and oxygen atoms in total. The van der Waals surface area contributed by atoms with Crippen LogP contribution in [0.1, 0.15) is 30.0 Å². The first kappa shape index (κ1) is 30.4. The zero-order chi connectivity index (χ0) is 30.9. The third-order valence-corrected chi connectivity index (χ3v) is 8.09. The summed E-state index contributed by atoms with van der Waals surface area (Å²) in [4.78, 5) is 47.7. The van der Waals surface area contributed by atoms with Gasteiger partial charge in [-0.15, -0.1) is 0 Å². The van der Waals surface area contributed by atoms with Gasteiger partial charge in [-0.1, -0.05) is 18.2 Å². The third kappa shape index (κ3) is 6.47. The van der Waals surface area contributed by atoms with Crippen molar-refractivity contribution in [2.75, 3.05) is 22.9 Å². The Morgan fingerprint density at radius 2 is 1.84 bits per heavy atom. The van der Waals surface area contributed by atoms with E-state index in [4.69, 9.17) is 0 Å². The van der Waals surface area contributed by atoms with Crippen molar-refractivity contribution in [3.8, 4) is 6.07 Å². The van der Waals surface area contributed by atoms with E-state index in [0.717, 1.165) is 21.9 Å². The van der Waals surface area contributed by atoms with E-state index in [9.17, 15) is 37.2 Å². The first-order valence-electron chi connectivity index (χ1n) is 13.1. The maximum Gasteiger partial charge on any atom is 0.252 e. The predicted molar refractivity (Wildman–Crippen MR) is 155 cm³/mol. The number of anilines is 2. The van der Waals surface area contributed by atoms with E-state index in [-0.39, 0.29) is 35.7 Å². The van der Waals surface area contributed by atoms with Crippen LogP contribution in [0.5, 0.6) is 0 Å². The number of hydrogen-bond donors (Lipinski definition) is 2. The van der Waals surface area contributed by atoms with Crippen molar-refractivity contribution in [3.05, 3.63) is 87.1 Å². The fraction of sp³-hybridized carbons (Fsp3) is 0.276. The molecule has 14 heteroatoms. The van der Waals surface area contributed by atoms with E-state index in [0.29, 0.717) is 9.64 Å². The van der Waals surface area contributed by atoms with Crippen molar-refractivity contribution in [2.45, 2.75) is 36.9 Å². The van der Waals surface area contributed by atoms with Crippen molar-refractivity contribution in [3.63, 3.8) is 0 Å². The first-order valence-corrected chi connectivity index (χ1v) is 14.2. The van der Waals surface area contributed by atoms with E-state index in [1.165, 1.54) is 24.4 Å². The normalized spacial score (nSPS) is 18.7. The van der Waals surface area contributed by atoms with E-state index < -0.39 is 66.2 Å². The van der Waals surface area contributed by atoms with Crippen molar-refractivity contribution in [2.24, 2.45) is 0 Å². The van der Waals surface area contributed by atoms with E-state index in [1.807, 2.05) is 28.7 Å². The fourth-order valence-corrected chi connectivity index (χ4v) is 5.83. The number of alkyl halides is 2. The van der Waals surface area contributed by atoms with Gasteiger partial charge in [0.15, 0.2) is 0 Å². The van der Waals surface area contributed by atoms with Gasteiger partial charge in [0.2, 0.25) is 11.8 Å². The first-order chi connectivity index (χ1) is 20.5. The van der Waals surface area contributed by atoms with E-state index >= 15 is 0 Å². The Labute approximate surface area is 257 Å². The van der Waals surface area contributed by atoms with Gasteiger partial charge in [-0.2, -0.15) is 5.26 Å². The Hall–Kier alpha value is -4.10. The second-order valence-corrected chi connectivity index (χ2v) is 11.3. The second-order valence-electron chi connectivity index (χ2n) is 10.2. The average molecular weight is 706 g/mol. The molecule has 0 unspecified atom stereocenters. The van der Waals surface area contributed by atoms with Crippen molar-refractivity contribution in [1.29, 1.82) is 5.26 Å². The number of rotatable bonds is 7. The topological polar surface area (TPSA) is 118 Å². The molecule has 1 aliphatic carbocycles. The summed E-state index contributed by atoms with van der Waals surface area (Å²) in [7, 11) is 0. The smallest absolute Gasteiger partial charge is 0.252 e. The number of pyridine rings is 1. The minimum absolute atomic E-state index is 0.0127. The lowest BCUT2D eigenvalue weighted by Gasteiger charge is -2.41. The number of benzene rings is 2. The number of aromatic nitrogens is 1. The number of hydrogen-bond acceptors (Lipinski definition) is 6. The van der Waals surface area contributed by atoms with Gasteiger partial charge in [-0.25, -0.2) is 22.5 Å². The van der Waals surface area contributed by atoms with Gasteiger partial charge < -0.3 is 10.6 Å². The average Bonchev–Trinajstić information content (AvgIpc) is 2.94. The number of nitrogens with zero attached hydrogens (tertiary/aromatic N) is 4. The summed E-state index contributed by atoms with van der Waals surface area (Å²) in [5, 5.41) is 14.8. The summed E-state index contributed by atoms with van der Waals surface area (Å²) in [6, 6.07) is 9.63. The van der Waals surface area contributed by atoms with E-state index in [2.05, 4.69) is 15.6 Å². The van der Waals surface area contributed by atoms with Crippen LogP contribution in [0.3, 0.4) is 0 Å². The number of nitrogens with one attached hydrogen (secondary N) is 2. The molecule has 0 spiro atoms. The monoisotopic (exact) mass is 706 g/mol. The molecule has 5 rings (SSSR count). The highest BCUT2D eigenvalue weighted by molar-refractivity contribution is 14.1. The van der Waals surface area contributed by atoms with Gasteiger partial charge in [0.25, 0.3) is 11.8 Å². The summed E-state index contributed by atoms with van der Waals surface area (Å²) >= 11 is 1.94. The van der Waals surface area contributed by atoms with Crippen molar-refractivity contribution < 1.29 is 31.9 Å². The van der Waals surface area contributed by atoms with Gasteiger partial charge in [0.05, 0.1) is 23.9 Å². The molecule has 2 atom stereocenters. The summed E-state index contributed by atoms with van der Waals surface area (Å²) in [5.41, 5.74) is 0.0916. The van der Waals surface area contributed by atoms with Crippen LogP contribution in [0, 0.1) is 26.5 Å². The van der Waals surface area contributed by atoms with Crippen LogP contribution < -0.4 is 20.4 Å². The van der Waals surface area contributed by atoms with Gasteiger partial charge in [-0.05, 0) is 58.5 Å². The van der Waals surface area contributed by atoms with Gasteiger partial charge in [0, 0.05) is 41.3 Å². The molecule has 1 aromatic heterocycles. The zero-order valence-corrected chi connectivity index (χ0v) is 24.4. The van der Waals surface area contributed by atoms with Crippen LogP contribution in [-0.2, 0) is 14.4 Å². The summed E-state index contributed by atoms with van der Waals surface area (Å²) < 4.78 is 57.0. The highest BCUT2D eigenvalue weighted by Gasteiger charge is 2.48.